The van der Waals surface area contributed by atoms with Crippen molar-refractivity contribution in [1.82, 2.24) is 9.88 Å². The van der Waals surface area contributed by atoms with E-state index in [9.17, 15) is 14.4 Å². The van der Waals surface area contributed by atoms with E-state index in [0.29, 0.717) is 21.6 Å². The lowest BCUT2D eigenvalue weighted by Gasteiger charge is -2.12. The van der Waals surface area contributed by atoms with E-state index in [1.807, 2.05) is 6.07 Å². The van der Waals surface area contributed by atoms with Crippen LogP contribution in [0, 0.1) is 0 Å². The van der Waals surface area contributed by atoms with E-state index >= 15 is 0 Å². The van der Waals surface area contributed by atoms with Crippen LogP contribution >= 0.6 is 34.5 Å². The molecule has 3 amide bonds. The molecule has 1 saturated heterocycles. The minimum atomic E-state index is -0.284. The Balaban J connectivity index is 1.52. The summed E-state index contributed by atoms with van der Waals surface area (Å²) in [7, 11) is 0. The fourth-order valence-corrected chi connectivity index (χ4v) is 3.75. The number of carbonyl (C=O) groups excluding carboxylic acids is 3. The largest absolute Gasteiger partial charge is 0.302 e. The van der Waals surface area contributed by atoms with Gasteiger partial charge >= 0.3 is 0 Å². The van der Waals surface area contributed by atoms with Gasteiger partial charge in [0.15, 0.2) is 5.13 Å². The van der Waals surface area contributed by atoms with Crippen LogP contribution in [0.25, 0.3) is 0 Å². The average molecular weight is 412 g/mol. The maximum absolute atomic E-state index is 12.0. The molecular weight excluding hydrogens is 397 g/mol. The van der Waals surface area contributed by atoms with E-state index in [0.717, 1.165) is 15.3 Å². The molecule has 9 heteroatoms. The molecule has 0 radical (unpaired) electrons. The number of likely N-dealkylation sites (tertiary alicyclic amines) is 1. The lowest BCUT2D eigenvalue weighted by atomic mass is 10.1. The molecule has 1 N–H and O–H groups in total. The number of benzene rings is 1. The Labute approximate surface area is 164 Å². The molecule has 2 aromatic rings. The van der Waals surface area contributed by atoms with Crippen molar-refractivity contribution in [2.75, 3.05) is 11.9 Å². The first-order valence-corrected chi connectivity index (χ1v) is 9.51. The first-order valence-electron chi connectivity index (χ1n) is 7.94. The molecule has 6 nitrogen and oxygen atoms in total. The van der Waals surface area contributed by atoms with Crippen LogP contribution < -0.4 is 5.32 Å². The summed E-state index contributed by atoms with van der Waals surface area (Å²) in [6, 6.07) is 5.42. The van der Waals surface area contributed by atoms with Gasteiger partial charge in [-0.15, -0.1) is 11.3 Å². The van der Waals surface area contributed by atoms with Crippen molar-refractivity contribution < 1.29 is 14.4 Å². The molecule has 136 valence electrons. The van der Waals surface area contributed by atoms with Crippen molar-refractivity contribution in [3.8, 4) is 0 Å². The van der Waals surface area contributed by atoms with Gasteiger partial charge in [-0.3, -0.25) is 19.3 Å². The molecule has 2 heterocycles. The summed E-state index contributed by atoms with van der Waals surface area (Å²) in [5.41, 5.74) is 0.993. The molecule has 0 spiro atoms. The molecule has 26 heavy (non-hydrogen) atoms. The van der Waals surface area contributed by atoms with Gasteiger partial charge in [-0.05, 0) is 17.7 Å². The molecule has 0 atom stereocenters. The topological polar surface area (TPSA) is 79.4 Å². The predicted molar refractivity (Wildman–Crippen MR) is 101 cm³/mol. The van der Waals surface area contributed by atoms with Gasteiger partial charge in [0.25, 0.3) is 0 Å². The number of hydrogen-bond donors (Lipinski definition) is 1. The molecule has 1 aliphatic rings. The van der Waals surface area contributed by atoms with Crippen molar-refractivity contribution in [2.24, 2.45) is 0 Å². The Morgan fingerprint density at radius 1 is 1.19 bits per heavy atom. The Kier molecular flexibility index (Phi) is 5.90. The summed E-state index contributed by atoms with van der Waals surface area (Å²) in [5, 5.41) is 4.17. The number of anilines is 1. The van der Waals surface area contributed by atoms with Crippen LogP contribution in [0.5, 0.6) is 0 Å². The second-order valence-electron chi connectivity index (χ2n) is 5.79. The summed E-state index contributed by atoms with van der Waals surface area (Å²) in [6.45, 7) is 0.102. The first kappa shape index (κ1) is 18.8. The van der Waals surface area contributed by atoms with E-state index in [1.54, 1.807) is 18.3 Å². The average Bonchev–Trinajstić information content (AvgIpc) is 3.16. The standard InChI is InChI=1S/C17H15Cl2N3O3S/c18-12-2-1-10(8-13(12)19)7-11-9-20-17(26-11)21-14(23)5-6-22-15(24)3-4-16(22)25/h1-2,8-9H,3-7H2,(H,20,21,23). The third-order valence-electron chi connectivity index (χ3n) is 3.88. The van der Waals surface area contributed by atoms with Gasteiger partial charge in [0.2, 0.25) is 17.7 Å². The zero-order chi connectivity index (χ0) is 18.7. The summed E-state index contributed by atoms with van der Waals surface area (Å²) in [6.07, 6.45) is 2.83. The van der Waals surface area contributed by atoms with Crippen molar-refractivity contribution in [1.29, 1.82) is 0 Å². The van der Waals surface area contributed by atoms with Crippen LogP contribution in [-0.2, 0) is 20.8 Å². The molecule has 0 saturated carbocycles. The highest BCUT2D eigenvalue weighted by Gasteiger charge is 2.28. The second-order valence-corrected chi connectivity index (χ2v) is 7.72. The number of rotatable bonds is 6. The van der Waals surface area contributed by atoms with Gasteiger partial charge in [-0.1, -0.05) is 29.3 Å². The molecule has 1 fully saturated rings. The van der Waals surface area contributed by atoms with Crippen molar-refractivity contribution >= 4 is 57.4 Å². The number of halogens is 2. The summed E-state index contributed by atoms with van der Waals surface area (Å²) in [5.74, 6) is -0.727. The fourth-order valence-electron chi connectivity index (χ4n) is 2.57. The quantitative estimate of drug-likeness (QED) is 0.737. The minimum absolute atomic E-state index is 0.0547. The summed E-state index contributed by atoms with van der Waals surface area (Å²) in [4.78, 5) is 41.3. The highest BCUT2D eigenvalue weighted by atomic mass is 35.5. The van der Waals surface area contributed by atoms with E-state index < -0.39 is 0 Å². The zero-order valence-electron chi connectivity index (χ0n) is 13.6. The number of imide groups is 1. The molecule has 1 aromatic carbocycles. The fraction of sp³-hybridized carbons (Fsp3) is 0.294. The predicted octanol–water partition coefficient (Wildman–Crippen LogP) is 3.52. The molecule has 0 unspecified atom stereocenters. The van der Waals surface area contributed by atoms with E-state index in [2.05, 4.69) is 10.3 Å². The maximum Gasteiger partial charge on any atom is 0.229 e. The third kappa shape index (κ3) is 4.60. The zero-order valence-corrected chi connectivity index (χ0v) is 16.0. The Morgan fingerprint density at radius 3 is 2.62 bits per heavy atom. The van der Waals surface area contributed by atoms with E-state index in [4.69, 9.17) is 23.2 Å². The normalized spacial score (nSPS) is 14.2. The number of hydrogen-bond acceptors (Lipinski definition) is 5. The highest BCUT2D eigenvalue weighted by molar-refractivity contribution is 7.15. The highest BCUT2D eigenvalue weighted by Crippen LogP contribution is 2.26. The van der Waals surface area contributed by atoms with Gasteiger partial charge in [0.05, 0.1) is 10.0 Å². The van der Waals surface area contributed by atoms with Crippen molar-refractivity contribution in [2.45, 2.75) is 25.7 Å². The number of carbonyl (C=O) groups is 3. The first-order chi connectivity index (χ1) is 12.4. The van der Waals surface area contributed by atoms with Crippen molar-refractivity contribution in [3.63, 3.8) is 0 Å². The molecule has 1 aliphatic heterocycles. The van der Waals surface area contributed by atoms with E-state index in [1.165, 1.54) is 11.3 Å². The number of nitrogens with one attached hydrogen (secondary N) is 1. The third-order valence-corrected chi connectivity index (χ3v) is 5.53. The van der Waals surface area contributed by atoms with Gasteiger partial charge < -0.3 is 5.32 Å². The number of thiazole rings is 1. The number of nitrogens with zero attached hydrogens (tertiary/aromatic N) is 2. The molecule has 0 aliphatic carbocycles. The number of aromatic nitrogens is 1. The van der Waals surface area contributed by atoms with E-state index in [-0.39, 0.29) is 43.5 Å². The maximum atomic E-state index is 12.0. The number of amides is 3. The van der Waals surface area contributed by atoms with Gasteiger partial charge in [-0.2, -0.15) is 0 Å². The second kappa shape index (κ2) is 8.16. The minimum Gasteiger partial charge on any atom is -0.302 e. The lowest BCUT2D eigenvalue weighted by molar-refractivity contribution is -0.138. The monoisotopic (exact) mass is 411 g/mol. The molecule has 0 bridgehead atoms. The van der Waals surface area contributed by atoms with Crippen LogP contribution in [0.3, 0.4) is 0 Å². The van der Waals surface area contributed by atoms with Gasteiger partial charge in [-0.25, -0.2) is 4.98 Å². The van der Waals surface area contributed by atoms with Crippen LogP contribution in [-0.4, -0.2) is 34.2 Å². The van der Waals surface area contributed by atoms with Crippen LogP contribution in [0.15, 0.2) is 24.4 Å². The smallest absolute Gasteiger partial charge is 0.229 e. The summed E-state index contributed by atoms with van der Waals surface area (Å²) < 4.78 is 0. The molecule has 3 rings (SSSR count). The Morgan fingerprint density at radius 2 is 1.92 bits per heavy atom. The van der Waals surface area contributed by atoms with Gasteiger partial charge in [0.1, 0.15) is 0 Å². The molecule has 1 aromatic heterocycles. The van der Waals surface area contributed by atoms with Crippen LogP contribution in [0.1, 0.15) is 29.7 Å². The summed E-state index contributed by atoms with van der Waals surface area (Å²) >= 11 is 13.3. The van der Waals surface area contributed by atoms with Crippen LogP contribution in [0.4, 0.5) is 5.13 Å². The SMILES string of the molecule is O=C(CCN1C(=O)CCC1=O)Nc1ncc(Cc2ccc(Cl)c(Cl)c2)s1. The van der Waals surface area contributed by atoms with Crippen LogP contribution in [0.2, 0.25) is 10.0 Å². The lowest BCUT2D eigenvalue weighted by Crippen LogP contribution is -2.32. The Bertz CT molecular complexity index is 853. The molecular formula is C17H15Cl2N3O3S. The Hall–Kier alpha value is -1.96. The van der Waals surface area contributed by atoms with Crippen molar-refractivity contribution in [3.05, 3.63) is 44.9 Å². The van der Waals surface area contributed by atoms with Gasteiger partial charge in [0, 0.05) is 43.3 Å².